The molecule has 0 bridgehead atoms. The molecule has 0 amide bonds. The number of benzene rings is 2. The van der Waals surface area contributed by atoms with Crippen molar-refractivity contribution in [3.8, 4) is 22.5 Å². The van der Waals surface area contributed by atoms with Crippen LogP contribution in [0.3, 0.4) is 0 Å². The summed E-state index contributed by atoms with van der Waals surface area (Å²) in [5.41, 5.74) is 6.91. The van der Waals surface area contributed by atoms with Crippen LogP contribution >= 0.6 is 55.2 Å². The van der Waals surface area contributed by atoms with Crippen LogP contribution in [0.2, 0.25) is 0 Å². The summed E-state index contributed by atoms with van der Waals surface area (Å²) < 4.78 is 0. The van der Waals surface area contributed by atoms with Crippen LogP contribution < -0.4 is 0 Å². The van der Waals surface area contributed by atoms with Gasteiger partial charge in [-0.15, -0.1) is 0 Å². The standard InChI is InChI=1S/2C12H11NS.2HI.Sn/c2*1-9-7-11(13-12(14)8-9)10-5-3-2-4-6-10;;;/h2*2-8H,1H3,(H,13,14);2*1H;/q;;;;+4/p-4. The van der Waals surface area contributed by atoms with Crippen LogP contribution in [0.25, 0.3) is 22.5 Å². The Balaban J connectivity index is 1.58. The Bertz CT molecular complexity index is 1100. The van der Waals surface area contributed by atoms with E-state index in [0.29, 0.717) is 0 Å². The molecule has 2 aromatic heterocycles. The van der Waals surface area contributed by atoms with Gasteiger partial charge in [0.25, 0.3) is 0 Å². The van der Waals surface area contributed by atoms with Gasteiger partial charge in [-0.2, -0.15) is 0 Å². The van der Waals surface area contributed by atoms with Gasteiger partial charge in [0.2, 0.25) is 0 Å². The first kappa shape index (κ1) is 23.8. The number of nitrogens with zero attached hydrogens (tertiary/aromatic N) is 2. The number of aromatic nitrogens is 2. The third kappa shape index (κ3) is 6.84. The van der Waals surface area contributed by atoms with Crippen molar-refractivity contribution in [2.45, 2.75) is 23.9 Å². The zero-order valence-electron chi connectivity index (χ0n) is 17.0. The number of aryl methyl sites for hydroxylation is 2. The minimum absolute atomic E-state index is 1.04. The summed E-state index contributed by atoms with van der Waals surface area (Å²) in [6.45, 7) is 4.30. The van der Waals surface area contributed by atoms with Crippen LogP contribution in [0.15, 0.2) is 95.0 Å². The summed E-state index contributed by atoms with van der Waals surface area (Å²) in [7, 11) is 1.26. The van der Waals surface area contributed by atoms with Gasteiger partial charge in [0.05, 0.1) is 0 Å². The van der Waals surface area contributed by atoms with Crippen molar-refractivity contribution >= 4 is 62.8 Å². The Morgan fingerprint density at radius 1 is 0.613 bits per heavy atom. The van der Waals surface area contributed by atoms with Gasteiger partial charge < -0.3 is 0 Å². The number of rotatable bonds is 6. The first-order valence-electron chi connectivity index (χ1n) is 9.72. The van der Waals surface area contributed by atoms with Crippen molar-refractivity contribution < 1.29 is 0 Å². The molecular formula is C24H20I2N2S2Sn. The first-order valence-corrected chi connectivity index (χ1v) is 35.0. The molecule has 0 aliphatic carbocycles. The molecule has 2 aromatic carbocycles. The molecule has 4 aromatic rings. The van der Waals surface area contributed by atoms with Crippen molar-refractivity contribution in [3.05, 3.63) is 96.1 Å². The fraction of sp³-hybridized carbons (Fsp3) is 0.0833. The Morgan fingerprint density at radius 3 is 1.39 bits per heavy atom. The zero-order valence-corrected chi connectivity index (χ0v) is 25.9. The molecule has 31 heavy (non-hydrogen) atoms. The van der Waals surface area contributed by atoms with Crippen LogP contribution in [0.1, 0.15) is 11.1 Å². The quantitative estimate of drug-likeness (QED) is 0.145. The molecule has 0 aliphatic heterocycles. The normalized spacial score (nSPS) is 11.5. The zero-order chi connectivity index (χ0) is 21.8. The van der Waals surface area contributed by atoms with Gasteiger partial charge in [0.15, 0.2) is 0 Å². The summed E-state index contributed by atoms with van der Waals surface area (Å²) in [6.07, 6.45) is 0. The van der Waals surface area contributed by atoms with E-state index < -0.39 is 7.67 Å². The minimum atomic E-state index is -2.67. The maximum atomic E-state index is 4.99. The molecule has 0 unspecified atom stereocenters. The third-order valence-electron chi connectivity index (χ3n) is 4.48. The van der Waals surface area contributed by atoms with E-state index in [1.54, 1.807) is 0 Å². The summed E-state index contributed by atoms with van der Waals surface area (Å²) in [5.74, 6) is 0. The van der Waals surface area contributed by atoms with Gasteiger partial charge in [0.1, 0.15) is 0 Å². The predicted octanol–water partition coefficient (Wildman–Crippen LogP) is 8.62. The molecule has 0 saturated carbocycles. The Hall–Kier alpha value is -0.301. The SMILES string of the molecule is Cc1cc([S][Sn]([I])([I])[S]c2cc(C)cc(-c3ccccc3)n2)nc(-c2ccccc2)c1. The van der Waals surface area contributed by atoms with Crippen LogP contribution in [0, 0.1) is 13.8 Å². The van der Waals surface area contributed by atoms with Crippen molar-refractivity contribution in [3.63, 3.8) is 0 Å². The Labute approximate surface area is 212 Å². The summed E-state index contributed by atoms with van der Waals surface area (Å²) in [6, 6.07) is 29.6. The molecule has 2 heterocycles. The molecule has 2 nitrogen and oxygen atoms in total. The second kappa shape index (κ2) is 10.8. The fourth-order valence-corrected chi connectivity index (χ4v) is 33.2. The Kier molecular flexibility index (Phi) is 8.27. The van der Waals surface area contributed by atoms with E-state index in [1.807, 2.05) is 30.0 Å². The number of hydrogen-bond acceptors (Lipinski definition) is 4. The van der Waals surface area contributed by atoms with E-state index in [-0.39, 0.29) is 0 Å². The van der Waals surface area contributed by atoms with Crippen LogP contribution in [0.5, 0.6) is 0 Å². The van der Waals surface area contributed by atoms with Gasteiger partial charge in [-0.25, -0.2) is 0 Å². The van der Waals surface area contributed by atoms with Crippen LogP contribution in [-0.2, 0) is 0 Å². The molecule has 0 radical (unpaired) electrons. The van der Waals surface area contributed by atoms with Crippen LogP contribution in [-0.4, -0.2) is 17.6 Å². The Morgan fingerprint density at radius 2 is 1.00 bits per heavy atom. The molecule has 0 saturated heterocycles. The van der Waals surface area contributed by atoms with Crippen molar-refractivity contribution in [2.24, 2.45) is 0 Å². The van der Waals surface area contributed by atoms with E-state index in [1.165, 1.54) is 11.1 Å². The summed E-state index contributed by atoms with van der Waals surface area (Å²) >= 11 is 5.40. The molecule has 0 fully saturated rings. The van der Waals surface area contributed by atoms with Crippen molar-refractivity contribution in [1.82, 2.24) is 9.97 Å². The molecule has 156 valence electrons. The monoisotopic (exact) mass is 774 g/mol. The average molecular weight is 773 g/mol. The average Bonchev–Trinajstić information content (AvgIpc) is 2.73. The van der Waals surface area contributed by atoms with Crippen LogP contribution in [0.4, 0.5) is 0 Å². The molecule has 0 atom stereocenters. The van der Waals surface area contributed by atoms with Crippen molar-refractivity contribution in [2.75, 3.05) is 0 Å². The molecule has 0 aliphatic rings. The van der Waals surface area contributed by atoms with E-state index in [9.17, 15) is 0 Å². The van der Waals surface area contributed by atoms with Gasteiger partial charge in [-0.05, 0) is 0 Å². The summed E-state index contributed by atoms with van der Waals surface area (Å²) in [5, 5.41) is 2.23. The van der Waals surface area contributed by atoms with E-state index >= 15 is 0 Å². The van der Waals surface area contributed by atoms with Gasteiger partial charge in [-0.1, -0.05) is 0 Å². The predicted molar refractivity (Wildman–Crippen MR) is 154 cm³/mol. The maximum absolute atomic E-state index is 4.99. The molecule has 0 N–H and O–H groups in total. The molecule has 0 spiro atoms. The number of halogens is 2. The van der Waals surface area contributed by atoms with E-state index in [4.69, 9.17) is 9.97 Å². The fourth-order valence-electron chi connectivity index (χ4n) is 3.15. The topological polar surface area (TPSA) is 25.8 Å². The van der Waals surface area contributed by atoms with Crippen molar-refractivity contribution in [1.29, 1.82) is 0 Å². The third-order valence-corrected chi connectivity index (χ3v) is 34.5. The van der Waals surface area contributed by atoms with E-state index in [2.05, 4.69) is 124 Å². The number of pyridine rings is 2. The molecule has 4 rings (SSSR count). The summed E-state index contributed by atoms with van der Waals surface area (Å²) in [4.78, 5) is 9.97. The molecular weight excluding hydrogens is 753 g/mol. The van der Waals surface area contributed by atoms with Gasteiger partial charge in [0, 0.05) is 0 Å². The molecule has 7 heteroatoms. The van der Waals surface area contributed by atoms with Gasteiger partial charge >= 0.3 is 215 Å². The second-order valence-electron chi connectivity index (χ2n) is 7.14. The number of hydrogen-bond donors (Lipinski definition) is 0. The van der Waals surface area contributed by atoms with Gasteiger partial charge in [-0.3, -0.25) is 0 Å². The first-order chi connectivity index (χ1) is 14.9. The second-order valence-corrected chi connectivity index (χ2v) is 79.7. The van der Waals surface area contributed by atoms with E-state index in [0.717, 1.165) is 32.6 Å².